The van der Waals surface area contributed by atoms with Gasteiger partial charge >= 0.3 is 0 Å². The van der Waals surface area contributed by atoms with Crippen LogP contribution in [0.1, 0.15) is 30.3 Å². The third kappa shape index (κ3) is 4.85. The van der Waals surface area contributed by atoms with E-state index in [9.17, 15) is 4.79 Å². The fraction of sp³-hybridized carbons (Fsp3) is 0.364. The first-order valence-corrected chi connectivity index (χ1v) is 11.2. The Hall–Kier alpha value is -2.67. The molecule has 0 aliphatic carbocycles. The van der Waals surface area contributed by atoms with E-state index in [-0.39, 0.29) is 18.4 Å². The Balaban J connectivity index is 1.47. The molecule has 0 radical (unpaired) electrons. The normalized spacial score (nSPS) is 14.4. The second kappa shape index (κ2) is 9.22. The van der Waals surface area contributed by atoms with Crippen molar-refractivity contribution < 1.29 is 14.3 Å². The number of amides is 1. The average Bonchev–Trinajstić information content (AvgIpc) is 3.02. The van der Waals surface area contributed by atoms with Gasteiger partial charge in [-0.15, -0.1) is 0 Å². The highest BCUT2D eigenvalue weighted by molar-refractivity contribution is 7.98. The fourth-order valence-electron chi connectivity index (χ4n) is 3.40. The summed E-state index contributed by atoms with van der Waals surface area (Å²) in [5.41, 5.74) is 2.79. The topological polar surface area (TPSA) is 76.2 Å². The summed E-state index contributed by atoms with van der Waals surface area (Å²) in [5.74, 6) is 3.15. The molecule has 1 amide bonds. The number of carbonyl (C=O) groups is 1. The van der Waals surface area contributed by atoms with Gasteiger partial charge in [-0.3, -0.25) is 4.79 Å². The molecule has 0 unspecified atom stereocenters. The highest BCUT2D eigenvalue weighted by Gasteiger charge is 2.19. The van der Waals surface area contributed by atoms with Crippen molar-refractivity contribution in [2.75, 3.05) is 25.2 Å². The van der Waals surface area contributed by atoms with E-state index in [0.29, 0.717) is 19.0 Å². The molecule has 0 fully saturated rings. The third-order valence-corrected chi connectivity index (χ3v) is 5.50. The van der Waals surface area contributed by atoms with Crippen molar-refractivity contribution in [2.45, 2.75) is 25.3 Å². The predicted molar refractivity (Wildman–Crippen MR) is 116 cm³/mol. The van der Waals surface area contributed by atoms with Crippen molar-refractivity contribution in [3.05, 3.63) is 53.9 Å². The smallest absolute Gasteiger partial charge is 0.225 e. The first-order valence-electron chi connectivity index (χ1n) is 9.84. The second-order valence-electron chi connectivity index (χ2n) is 7.05. The van der Waals surface area contributed by atoms with Crippen molar-refractivity contribution in [3.63, 3.8) is 0 Å². The summed E-state index contributed by atoms with van der Waals surface area (Å²) in [5, 5.41) is 3.15. The lowest BCUT2D eigenvalue weighted by Gasteiger charge is -2.17. The summed E-state index contributed by atoms with van der Waals surface area (Å²) in [6.45, 7) is 1.28. The van der Waals surface area contributed by atoms with E-state index in [1.54, 1.807) is 11.8 Å². The Morgan fingerprint density at radius 3 is 2.86 bits per heavy atom. The predicted octanol–water partition coefficient (Wildman–Crippen LogP) is 3.88. The van der Waals surface area contributed by atoms with E-state index in [1.165, 1.54) is 0 Å². The van der Waals surface area contributed by atoms with Gasteiger partial charge in [0.2, 0.25) is 5.91 Å². The van der Waals surface area contributed by atoms with E-state index >= 15 is 0 Å². The van der Waals surface area contributed by atoms with Crippen LogP contribution in [0.15, 0.2) is 42.5 Å². The molecule has 1 aliphatic heterocycles. The zero-order chi connectivity index (χ0) is 20.1. The van der Waals surface area contributed by atoms with Crippen LogP contribution in [0, 0.1) is 0 Å². The molecule has 7 heteroatoms. The lowest BCUT2D eigenvalue weighted by molar-refractivity contribution is -0.121. The molecule has 4 rings (SSSR count). The molecule has 2 heterocycles. The van der Waals surface area contributed by atoms with Crippen LogP contribution in [0.3, 0.4) is 0 Å². The van der Waals surface area contributed by atoms with E-state index in [2.05, 4.69) is 21.5 Å². The van der Waals surface area contributed by atoms with Crippen LogP contribution in [-0.4, -0.2) is 41.1 Å². The Bertz CT molecular complexity index is 955. The summed E-state index contributed by atoms with van der Waals surface area (Å²) in [6.07, 6.45) is 4.02. The standard InChI is InChI=1S/C22H25N3O3S/c1-29-12-9-18(22-24-16-5-2-3-6-17(16)25-22)23-21(26)14-15-7-8-19-20(13-15)28-11-4-10-27-19/h2-3,5-8,13,18H,4,9-12,14H2,1H3,(H,23,26)(H,24,25)/t18-/m0/s1. The lowest BCUT2D eigenvalue weighted by Crippen LogP contribution is -2.31. The van der Waals surface area contributed by atoms with Crippen LogP contribution in [0.5, 0.6) is 11.5 Å². The number of aromatic amines is 1. The van der Waals surface area contributed by atoms with Gasteiger partial charge < -0.3 is 19.8 Å². The first kappa shape index (κ1) is 19.6. The zero-order valence-electron chi connectivity index (χ0n) is 16.4. The van der Waals surface area contributed by atoms with Gasteiger partial charge in [-0.25, -0.2) is 4.98 Å². The number of hydrogen-bond donors (Lipinski definition) is 2. The number of carbonyl (C=O) groups excluding carboxylic acids is 1. The lowest BCUT2D eigenvalue weighted by atomic mass is 10.1. The van der Waals surface area contributed by atoms with Gasteiger partial charge in [0.1, 0.15) is 5.82 Å². The maximum absolute atomic E-state index is 12.8. The van der Waals surface area contributed by atoms with Crippen LogP contribution in [0.25, 0.3) is 11.0 Å². The van der Waals surface area contributed by atoms with Crippen molar-refractivity contribution in [1.29, 1.82) is 0 Å². The molecular weight excluding hydrogens is 386 g/mol. The summed E-state index contributed by atoms with van der Waals surface area (Å²) < 4.78 is 11.4. The van der Waals surface area contributed by atoms with Gasteiger partial charge in [-0.2, -0.15) is 11.8 Å². The maximum Gasteiger partial charge on any atom is 0.225 e. The number of nitrogens with one attached hydrogen (secondary N) is 2. The summed E-state index contributed by atoms with van der Waals surface area (Å²) in [6, 6.07) is 13.5. The van der Waals surface area contributed by atoms with Crippen molar-refractivity contribution in [3.8, 4) is 11.5 Å². The second-order valence-corrected chi connectivity index (χ2v) is 8.03. The van der Waals surface area contributed by atoms with E-state index in [4.69, 9.17) is 9.47 Å². The van der Waals surface area contributed by atoms with Crippen LogP contribution in [-0.2, 0) is 11.2 Å². The van der Waals surface area contributed by atoms with Gasteiger partial charge in [0.05, 0.1) is 36.7 Å². The van der Waals surface area contributed by atoms with Crippen molar-refractivity contribution >= 4 is 28.7 Å². The summed E-state index contributed by atoms with van der Waals surface area (Å²) in [4.78, 5) is 20.8. The minimum absolute atomic E-state index is 0.0361. The van der Waals surface area contributed by atoms with E-state index in [1.807, 2.05) is 42.5 Å². The van der Waals surface area contributed by atoms with Crippen molar-refractivity contribution in [1.82, 2.24) is 15.3 Å². The van der Waals surface area contributed by atoms with Crippen molar-refractivity contribution in [2.24, 2.45) is 0 Å². The third-order valence-electron chi connectivity index (χ3n) is 4.86. The molecule has 0 saturated heterocycles. The van der Waals surface area contributed by atoms with Crippen LogP contribution in [0.2, 0.25) is 0 Å². The quantitative estimate of drug-likeness (QED) is 0.617. The molecule has 0 spiro atoms. The Morgan fingerprint density at radius 1 is 1.21 bits per heavy atom. The minimum atomic E-state index is -0.150. The number of thioether (sulfide) groups is 1. The first-order chi connectivity index (χ1) is 14.2. The largest absolute Gasteiger partial charge is 0.490 e. The molecule has 1 aromatic heterocycles. The SMILES string of the molecule is CSCC[C@H](NC(=O)Cc1ccc2c(c1)OCCCO2)c1nc2ccccc2[nH]1. The van der Waals surface area contributed by atoms with E-state index < -0.39 is 0 Å². The number of rotatable bonds is 7. The number of aromatic nitrogens is 2. The van der Waals surface area contributed by atoms with Crippen LogP contribution >= 0.6 is 11.8 Å². The highest BCUT2D eigenvalue weighted by Crippen LogP contribution is 2.30. The van der Waals surface area contributed by atoms with E-state index in [0.717, 1.165) is 46.8 Å². The number of imidazole rings is 1. The Morgan fingerprint density at radius 2 is 2.03 bits per heavy atom. The van der Waals surface area contributed by atoms with Gasteiger partial charge in [0.25, 0.3) is 0 Å². The number of benzene rings is 2. The van der Waals surface area contributed by atoms with Crippen LogP contribution in [0.4, 0.5) is 0 Å². The molecule has 29 heavy (non-hydrogen) atoms. The molecule has 0 bridgehead atoms. The Labute approximate surface area is 174 Å². The molecule has 152 valence electrons. The number of fused-ring (bicyclic) bond motifs is 2. The fourth-order valence-corrected chi connectivity index (χ4v) is 3.87. The number of para-hydroxylation sites is 2. The monoisotopic (exact) mass is 411 g/mol. The summed E-state index contributed by atoms with van der Waals surface area (Å²) in [7, 11) is 0. The van der Waals surface area contributed by atoms with Gasteiger partial charge in [0, 0.05) is 6.42 Å². The molecule has 2 aromatic carbocycles. The zero-order valence-corrected chi connectivity index (χ0v) is 17.3. The summed E-state index contributed by atoms with van der Waals surface area (Å²) >= 11 is 1.76. The number of hydrogen-bond acceptors (Lipinski definition) is 5. The van der Waals surface area contributed by atoms with Gasteiger partial charge in [0.15, 0.2) is 11.5 Å². The Kier molecular flexibility index (Phi) is 6.24. The molecule has 2 N–H and O–H groups in total. The molecule has 1 atom stereocenters. The number of ether oxygens (including phenoxy) is 2. The maximum atomic E-state index is 12.8. The average molecular weight is 412 g/mol. The molecule has 6 nitrogen and oxygen atoms in total. The molecule has 3 aromatic rings. The van der Waals surface area contributed by atoms with Gasteiger partial charge in [-0.05, 0) is 48.3 Å². The molecule has 1 aliphatic rings. The minimum Gasteiger partial charge on any atom is -0.490 e. The van der Waals surface area contributed by atoms with Gasteiger partial charge in [-0.1, -0.05) is 18.2 Å². The number of nitrogens with zero attached hydrogens (tertiary/aromatic N) is 1. The highest BCUT2D eigenvalue weighted by atomic mass is 32.2. The van der Waals surface area contributed by atoms with Crippen LogP contribution < -0.4 is 14.8 Å². The number of H-pyrrole nitrogens is 1. The molecule has 0 saturated carbocycles. The molecular formula is C22H25N3O3S.